The molecule has 0 bridgehead atoms. The highest BCUT2D eigenvalue weighted by Gasteiger charge is 2.15. The van der Waals surface area contributed by atoms with Crippen molar-refractivity contribution >= 4 is 6.21 Å². The van der Waals surface area contributed by atoms with E-state index in [1.54, 1.807) is 0 Å². The molecule has 0 radical (unpaired) electrons. The normalized spacial score (nSPS) is 16.9. The van der Waals surface area contributed by atoms with E-state index in [1.165, 1.54) is 6.21 Å². The molecule has 0 rings (SSSR count). The second-order valence-electron chi connectivity index (χ2n) is 3.06. The van der Waals surface area contributed by atoms with Crippen LogP contribution in [-0.2, 0) is 0 Å². The first kappa shape index (κ1) is 9.63. The number of rotatable bonds is 4. The van der Waals surface area contributed by atoms with Crippen LogP contribution in [0.1, 0.15) is 27.2 Å². The van der Waals surface area contributed by atoms with E-state index in [4.69, 9.17) is 11.1 Å². The summed E-state index contributed by atoms with van der Waals surface area (Å²) in [5.41, 5.74) is 5.83. The van der Waals surface area contributed by atoms with Crippen molar-refractivity contribution in [2.24, 2.45) is 17.6 Å². The van der Waals surface area contributed by atoms with Gasteiger partial charge in [0.2, 0.25) is 0 Å². The monoisotopic (exact) mass is 142 g/mol. The third kappa shape index (κ3) is 2.48. The van der Waals surface area contributed by atoms with Crippen molar-refractivity contribution in [2.45, 2.75) is 33.2 Å². The van der Waals surface area contributed by atoms with Gasteiger partial charge in [-0.05, 0) is 18.6 Å². The molecule has 2 nitrogen and oxygen atoms in total. The minimum atomic E-state index is 0.155. The Balaban J connectivity index is 3.87. The Labute approximate surface area is 63.3 Å². The summed E-state index contributed by atoms with van der Waals surface area (Å²) in [4.78, 5) is 0. The van der Waals surface area contributed by atoms with Crippen molar-refractivity contribution in [2.75, 3.05) is 0 Å². The number of hydrogen-bond acceptors (Lipinski definition) is 2. The van der Waals surface area contributed by atoms with E-state index in [0.29, 0.717) is 5.92 Å². The van der Waals surface area contributed by atoms with Gasteiger partial charge in [-0.2, -0.15) is 0 Å². The van der Waals surface area contributed by atoms with Gasteiger partial charge in [0, 0.05) is 12.0 Å². The Morgan fingerprint density at radius 2 is 2.00 bits per heavy atom. The molecule has 0 saturated heterocycles. The van der Waals surface area contributed by atoms with Crippen molar-refractivity contribution in [3.05, 3.63) is 0 Å². The van der Waals surface area contributed by atoms with E-state index in [0.717, 1.165) is 6.42 Å². The van der Waals surface area contributed by atoms with E-state index >= 15 is 0 Å². The third-order valence-corrected chi connectivity index (χ3v) is 1.95. The molecular formula is C8H18N2. The Kier molecular flexibility index (Phi) is 4.28. The van der Waals surface area contributed by atoms with Crippen LogP contribution in [0.2, 0.25) is 0 Å². The lowest BCUT2D eigenvalue weighted by Gasteiger charge is -2.21. The average molecular weight is 142 g/mol. The minimum absolute atomic E-state index is 0.155. The molecule has 0 amide bonds. The van der Waals surface area contributed by atoms with Crippen molar-refractivity contribution < 1.29 is 0 Å². The molecular weight excluding hydrogens is 124 g/mol. The quantitative estimate of drug-likeness (QED) is 0.576. The predicted octanol–water partition coefficient (Wildman–Crippen LogP) is 1.65. The highest BCUT2D eigenvalue weighted by atomic mass is 14.7. The Morgan fingerprint density at radius 3 is 2.10 bits per heavy atom. The van der Waals surface area contributed by atoms with E-state index in [9.17, 15) is 0 Å². The lowest BCUT2D eigenvalue weighted by molar-refractivity contribution is 0.408. The number of nitrogens with two attached hydrogens (primary N) is 1. The molecule has 0 spiro atoms. The molecule has 0 aromatic heterocycles. The molecule has 0 aliphatic rings. The highest BCUT2D eigenvalue weighted by Crippen LogP contribution is 2.11. The Morgan fingerprint density at radius 1 is 1.50 bits per heavy atom. The molecule has 2 unspecified atom stereocenters. The average Bonchev–Trinajstić information content (AvgIpc) is 1.90. The van der Waals surface area contributed by atoms with Crippen LogP contribution >= 0.6 is 0 Å². The van der Waals surface area contributed by atoms with Gasteiger partial charge in [-0.3, -0.25) is 0 Å². The maximum absolute atomic E-state index is 7.08. The van der Waals surface area contributed by atoms with E-state index < -0.39 is 0 Å². The van der Waals surface area contributed by atoms with Crippen LogP contribution in [0.5, 0.6) is 0 Å². The molecule has 0 fully saturated rings. The first-order valence-corrected chi connectivity index (χ1v) is 3.89. The molecule has 0 heterocycles. The molecule has 10 heavy (non-hydrogen) atoms. The minimum Gasteiger partial charge on any atom is -0.327 e. The summed E-state index contributed by atoms with van der Waals surface area (Å²) in [5, 5.41) is 7.08. The molecule has 0 aliphatic heterocycles. The van der Waals surface area contributed by atoms with Gasteiger partial charge in [0.25, 0.3) is 0 Å². The second-order valence-corrected chi connectivity index (χ2v) is 3.06. The largest absolute Gasteiger partial charge is 0.327 e. The lowest BCUT2D eigenvalue weighted by Crippen LogP contribution is -2.35. The third-order valence-electron chi connectivity index (χ3n) is 1.95. The first-order valence-electron chi connectivity index (χ1n) is 3.89. The maximum Gasteiger partial charge on any atom is 0.0140 e. The highest BCUT2D eigenvalue weighted by molar-refractivity contribution is 5.57. The molecule has 0 aliphatic carbocycles. The van der Waals surface area contributed by atoms with E-state index in [1.807, 2.05) is 0 Å². The van der Waals surface area contributed by atoms with Gasteiger partial charge < -0.3 is 11.1 Å². The Hall–Kier alpha value is -0.370. The molecule has 0 saturated carbocycles. The number of nitrogens with one attached hydrogen (secondary N) is 1. The van der Waals surface area contributed by atoms with Crippen LogP contribution in [0, 0.1) is 17.2 Å². The van der Waals surface area contributed by atoms with Gasteiger partial charge in [-0.1, -0.05) is 20.8 Å². The zero-order valence-corrected chi connectivity index (χ0v) is 7.09. The predicted molar refractivity (Wildman–Crippen MR) is 45.4 cm³/mol. The van der Waals surface area contributed by atoms with Crippen molar-refractivity contribution in [1.29, 1.82) is 5.41 Å². The van der Waals surface area contributed by atoms with Crippen LogP contribution in [0.4, 0.5) is 0 Å². The summed E-state index contributed by atoms with van der Waals surface area (Å²) >= 11 is 0. The molecule has 2 heteroatoms. The molecule has 60 valence electrons. The van der Waals surface area contributed by atoms with Crippen molar-refractivity contribution in [3.63, 3.8) is 0 Å². The van der Waals surface area contributed by atoms with Gasteiger partial charge in [0.1, 0.15) is 0 Å². The molecule has 2 atom stereocenters. The zero-order chi connectivity index (χ0) is 8.15. The van der Waals surface area contributed by atoms with Crippen LogP contribution in [0.15, 0.2) is 0 Å². The fourth-order valence-corrected chi connectivity index (χ4v) is 0.996. The second kappa shape index (κ2) is 4.45. The fourth-order valence-electron chi connectivity index (χ4n) is 0.996. The standard InChI is InChI=1S/C8H18N2/c1-4-7(5-9)8(10)6(2)3/h5-9H,4,10H2,1-3H3. The van der Waals surface area contributed by atoms with Crippen LogP contribution in [0.3, 0.4) is 0 Å². The van der Waals surface area contributed by atoms with Gasteiger partial charge in [0.05, 0.1) is 0 Å². The van der Waals surface area contributed by atoms with E-state index in [2.05, 4.69) is 20.8 Å². The van der Waals surface area contributed by atoms with Crippen molar-refractivity contribution in [3.8, 4) is 0 Å². The van der Waals surface area contributed by atoms with E-state index in [-0.39, 0.29) is 12.0 Å². The smallest absolute Gasteiger partial charge is 0.0140 e. The maximum atomic E-state index is 7.08. The summed E-state index contributed by atoms with van der Waals surface area (Å²) in [7, 11) is 0. The summed E-state index contributed by atoms with van der Waals surface area (Å²) in [5.74, 6) is 0.742. The van der Waals surface area contributed by atoms with Gasteiger partial charge in [0.15, 0.2) is 0 Å². The van der Waals surface area contributed by atoms with Crippen LogP contribution in [-0.4, -0.2) is 12.3 Å². The summed E-state index contributed by atoms with van der Waals surface area (Å²) < 4.78 is 0. The van der Waals surface area contributed by atoms with Crippen LogP contribution < -0.4 is 5.73 Å². The zero-order valence-electron chi connectivity index (χ0n) is 7.09. The van der Waals surface area contributed by atoms with Gasteiger partial charge in [-0.25, -0.2) is 0 Å². The summed E-state index contributed by atoms with van der Waals surface area (Å²) in [6.45, 7) is 6.26. The number of hydrogen-bond donors (Lipinski definition) is 2. The fraction of sp³-hybridized carbons (Fsp3) is 0.875. The molecule has 3 N–H and O–H groups in total. The summed E-state index contributed by atoms with van der Waals surface area (Å²) in [6, 6.07) is 0.155. The topological polar surface area (TPSA) is 49.9 Å². The lowest BCUT2D eigenvalue weighted by atomic mass is 9.90. The SMILES string of the molecule is CCC(C=N)C(N)C(C)C. The van der Waals surface area contributed by atoms with Gasteiger partial charge >= 0.3 is 0 Å². The molecule has 0 aromatic carbocycles. The summed E-state index contributed by atoms with van der Waals surface area (Å²) in [6.07, 6.45) is 2.44. The molecule has 0 aromatic rings. The first-order chi connectivity index (χ1) is 4.63. The Bertz CT molecular complexity index is 99.4. The van der Waals surface area contributed by atoms with Crippen molar-refractivity contribution in [1.82, 2.24) is 0 Å². The van der Waals surface area contributed by atoms with Crippen LogP contribution in [0.25, 0.3) is 0 Å². The van der Waals surface area contributed by atoms with Gasteiger partial charge in [-0.15, -0.1) is 0 Å².